The standard InChI is InChI=1S/C14H25N3O2S/c1-9(7-15-13(18)19-14(4,5)6)16-11(3)12-17-10(2)8-20-12/h8-9,11,16H,7H2,1-6H3,(H,15,18). The third kappa shape index (κ3) is 6.34. The fraction of sp³-hybridized carbons (Fsp3) is 0.714. The predicted octanol–water partition coefficient (Wildman–Crippen LogP) is 3.02. The van der Waals surface area contributed by atoms with E-state index in [1.807, 2.05) is 40.0 Å². The lowest BCUT2D eigenvalue weighted by Gasteiger charge is -2.22. The molecule has 2 N–H and O–H groups in total. The van der Waals surface area contributed by atoms with Crippen LogP contribution in [0.5, 0.6) is 0 Å². The molecule has 0 aliphatic rings. The number of nitrogens with one attached hydrogen (secondary N) is 2. The van der Waals surface area contributed by atoms with E-state index in [4.69, 9.17) is 4.74 Å². The first-order valence-electron chi connectivity index (χ1n) is 6.82. The van der Waals surface area contributed by atoms with Gasteiger partial charge in [-0.2, -0.15) is 0 Å². The van der Waals surface area contributed by atoms with Crippen molar-refractivity contribution in [2.45, 2.75) is 59.2 Å². The van der Waals surface area contributed by atoms with Crippen molar-refractivity contribution in [2.24, 2.45) is 0 Å². The van der Waals surface area contributed by atoms with E-state index in [2.05, 4.69) is 22.5 Å². The van der Waals surface area contributed by atoms with Crippen LogP contribution < -0.4 is 10.6 Å². The summed E-state index contributed by atoms with van der Waals surface area (Å²) in [7, 11) is 0. The van der Waals surface area contributed by atoms with Gasteiger partial charge in [-0.25, -0.2) is 9.78 Å². The lowest BCUT2D eigenvalue weighted by molar-refractivity contribution is 0.0522. The number of ether oxygens (including phenoxy) is 1. The van der Waals surface area contributed by atoms with E-state index in [1.54, 1.807) is 11.3 Å². The number of amides is 1. The number of alkyl carbamates (subject to hydrolysis) is 1. The Morgan fingerprint density at radius 1 is 1.45 bits per heavy atom. The Bertz CT molecular complexity index is 440. The molecule has 1 aromatic heterocycles. The number of aromatic nitrogens is 1. The number of aryl methyl sites for hydroxylation is 1. The smallest absolute Gasteiger partial charge is 0.407 e. The molecule has 0 spiro atoms. The van der Waals surface area contributed by atoms with Gasteiger partial charge in [0.1, 0.15) is 10.6 Å². The van der Waals surface area contributed by atoms with Gasteiger partial charge in [0.25, 0.3) is 0 Å². The maximum Gasteiger partial charge on any atom is 0.407 e. The summed E-state index contributed by atoms with van der Waals surface area (Å²) in [4.78, 5) is 16.0. The minimum atomic E-state index is -0.466. The molecule has 114 valence electrons. The zero-order valence-electron chi connectivity index (χ0n) is 13.1. The van der Waals surface area contributed by atoms with Crippen molar-refractivity contribution in [3.05, 3.63) is 16.1 Å². The molecular formula is C14H25N3O2S. The molecule has 0 fully saturated rings. The second-order valence-electron chi connectivity index (χ2n) is 6.00. The van der Waals surface area contributed by atoms with Crippen LogP contribution in [0, 0.1) is 6.92 Å². The molecule has 5 nitrogen and oxygen atoms in total. The van der Waals surface area contributed by atoms with E-state index in [0.29, 0.717) is 6.54 Å². The van der Waals surface area contributed by atoms with Gasteiger partial charge in [0.2, 0.25) is 0 Å². The van der Waals surface area contributed by atoms with Crippen molar-refractivity contribution in [3.63, 3.8) is 0 Å². The van der Waals surface area contributed by atoms with E-state index in [0.717, 1.165) is 10.7 Å². The van der Waals surface area contributed by atoms with Crippen LogP contribution in [-0.4, -0.2) is 29.3 Å². The first-order chi connectivity index (χ1) is 9.17. The SMILES string of the molecule is Cc1csc(C(C)NC(C)CNC(=O)OC(C)(C)C)n1. The summed E-state index contributed by atoms with van der Waals surface area (Å²) >= 11 is 1.65. The van der Waals surface area contributed by atoms with Crippen LogP contribution in [0.3, 0.4) is 0 Å². The van der Waals surface area contributed by atoms with Crippen molar-refractivity contribution < 1.29 is 9.53 Å². The lowest BCUT2D eigenvalue weighted by Crippen LogP contribution is -2.41. The summed E-state index contributed by atoms with van der Waals surface area (Å²) in [5.74, 6) is 0. The molecule has 2 unspecified atom stereocenters. The third-order valence-corrected chi connectivity index (χ3v) is 3.64. The summed E-state index contributed by atoms with van der Waals surface area (Å²) < 4.78 is 5.19. The summed E-state index contributed by atoms with van der Waals surface area (Å²) in [6.45, 7) is 12.1. The number of hydrogen-bond acceptors (Lipinski definition) is 5. The highest BCUT2D eigenvalue weighted by Gasteiger charge is 2.17. The van der Waals surface area contributed by atoms with Crippen LogP contribution in [0.1, 0.15) is 51.4 Å². The van der Waals surface area contributed by atoms with Crippen molar-refractivity contribution in [1.82, 2.24) is 15.6 Å². The number of nitrogens with zero attached hydrogens (tertiary/aromatic N) is 1. The van der Waals surface area contributed by atoms with Crippen LogP contribution in [0.4, 0.5) is 4.79 Å². The van der Waals surface area contributed by atoms with Crippen molar-refractivity contribution in [3.8, 4) is 0 Å². The Morgan fingerprint density at radius 3 is 2.60 bits per heavy atom. The van der Waals surface area contributed by atoms with Crippen LogP contribution in [0.15, 0.2) is 5.38 Å². The van der Waals surface area contributed by atoms with Crippen LogP contribution in [-0.2, 0) is 4.74 Å². The predicted molar refractivity (Wildman–Crippen MR) is 82.1 cm³/mol. The largest absolute Gasteiger partial charge is 0.444 e. The Hall–Kier alpha value is -1.14. The van der Waals surface area contributed by atoms with Gasteiger partial charge in [-0.3, -0.25) is 0 Å². The van der Waals surface area contributed by atoms with Crippen LogP contribution >= 0.6 is 11.3 Å². The van der Waals surface area contributed by atoms with Gasteiger partial charge in [-0.1, -0.05) is 0 Å². The molecule has 0 bridgehead atoms. The van der Waals surface area contributed by atoms with Gasteiger partial charge in [0.15, 0.2) is 0 Å². The van der Waals surface area contributed by atoms with Gasteiger partial charge in [-0.15, -0.1) is 11.3 Å². The van der Waals surface area contributed by atoms with E-state index in [-0.39, 0.29) is 18.2 Å². The summed E-state index contributed by atoms with van der Waals surface area (Å²) in [5, 5.41) is 9.27. The average Bonchev–Trinajstić information content (AvgIpc) is 2.71. The maximum absolute atomic E-state index is 11.6. The van der Waals surface area contributed by atoms with Crippen molar-refractivity contribution in [2.75, 3.05) is 6.54 Å². The maximum atomic E-state index is 11.6. The first-order valence-corrected chi connectivity index (χ1v) is 7.70. The average molecular weight is 299 g/mol. The fourth-order valence-corrected chi connectivity index (χ4v) is 2.49. The number of carbonyl (C=O) groups is 1. The molecule has 0 aromatic carbocycles. The van der Waals surface area contributed by atoms with Gasteiger partial charge in [-0.05, 0) is 41.5 Å². The van der Waals surface area contributed by atoms with Gasteiger partial charge < -0.3 is 15.4 Å². The lowest BCUT2D eigenvalue weighted by atomic mass is 10.2. The quantitative estimate of drug-likeness (QED) is 0.877. The highest BCUT2D eigenvalue weighted by Crippen LogP contribution is 2.17. The van der Waals surface area contributed by atoms with E-state index >= 15 is 0 Å². The highest BCUT2D eigenvalue weighted by atomic mass is 32.1. The molecule has 0 radical (unpaired) electrons. The van der Waals surface area contributed by atoms with Crippen molar-refractivity contribution in [1.29, 1.82) is 0 Å². The topological polar surface area (TPSA) is 63.2 Å². The van der Waals surface area contributed by atoms with E-state index in [9.17, 15) is 4.79 Å². The monoisotopic (exact) mass is 299 g/mol. The van der Waals surface area contributed by atoms with E-state index in [1.165, 1.54) is 0 Å². The minimum Gasteiger partial charge on any atom is -0.444 e. The molecule has 2 atom stereocenters. The second-order valence-corrected chi connectivity index (χ2v) is 6.89. The molecular weight excluding hydrogens is 274 g/mol. The number of carbonyl (C=O) groups excluding carboxylic acids is 1. The molecule has 0 aliphatic carbocycles. The molecule has 6 heteroatoms. The van der Waals surface area contributed by atoms with Crippen LogP contribution in [0.2, 0.25) is 0 Å². The highest BCUT2D eigenvalue weighted by molar-refractivity contribution is 7.09. The Kier molecular flexibility index (Phi) is 5.95. The fourth-order valence-electron chi connectivity index (χ4n) is 1.68. The molecule has 20 heavy (non-hydrogen) atoms. The minimum absolute atomic E-state index is 0.140. The number of rotatable bonds is 5. The number of thiazole rings is 1. The summed E-state index contributed by atoms with van der Waals surface area (Å²) in [6.07, 6.45) is -0.385. The number of hydrogen-bond donors (Lipinski definition) is 2. The molecule has 0 aliphatic heterocycles. The summed E-state index contributed by atoms with van der Waals surface area (Å²) in [6, 6.07) is 0.311. The molecule has 1 rings (SSSR count). The Morgan fingerprint density at radius 2 is 2.10 bits per heavy atom. The third-order valence-electron chi connectivity index (χ3n) is 2.49. The first kappa shape index (κ1) is 16.9. The van der Waals surface area contributed by atoms with Crippen LogP contribution in [0.25, 0.3) is 0 Å². The molecule has 1 aromatic rings. The normalized spacial score (nSPS) is 14.7. The zero-order chi connectivity index (χ0) is 15.3. The van der Waals surface area contributed by atoms with Gasteiger partial charge >= 0.3 is 6.09 Å². The molecule has 0 saturated carbocycles. The Balaban J connectivity index is 2.33. The van der Waals surface area contributed by atoms with E-state index < -0.39 is 5.60 Å². The molecule has 0 saturated heterocycles. The van der Waals surface area contributed by atoms with Gasteiger partial charge in [0.05, 0.1) is 6.04 Å². The Labute approximate surface area is 125 Å². The second kappa shape index (κ2) is 7.04. The van der Waals surface area contributed by atoms with Gasteiger partial charge in [0, 0.05) is 23.7 Å². The van der Waals surface area contributed by atoms with Crippen molar-refractivity contribution >= 4 is 17.4 Å². The molecule has 1 heterocycles. The molecule has 1 amide bonds. The zero-order valence-corrected chi connectivity index (χ0v) is 13.9. The summed E-state index contributed by atoms with van der Waals surface area (Å²) in [5.41, 5.74) is 0.574.